The van der Waals surface area contributed by atoms with Crippen LogP contribution >= 0.6 is 0 Å². The Balaban J connectivity index is 0.00000288. The third kappa shape index (κ3) is 5.36. The van der Waals surface area contributed by atoms with Gasteiger partial charge in [0.25, 0.3) is 0 Å². The predicted octanol–water partition coefficient (Wildman–Crippen LogP) is 4.56. The number of para-hydroxylation sites is 1. The summed E-state index contributed by atoms with van der Waals surface area (Å²) in [5, 5.41) is 10.4. The summed E-state index contributed by atoms with van der Waals surface area (Å²) in [6, 6.07) is 18.4. The van der Waals surface area contributed by atoms with Crippen LogP contribution in [0.4, 0.5) is 0 Å². The lowest BCUT2D eigenvalue weighted by atomic mass is 9.95. The molecule has 3 N–H and O–H groups in total. The molecule has 2 rings (SSSR count). The van der Waals surface area contributed by atoms with Gasteiger partial charge < -0.3 is 10.6 Å². The molecule has 0 aromatic heterocycles. The van der Waals surface area contributed by atoms with Gasteiger partial charge in [0.05, 0.1) is 6.04 Å². The van der Waals surface area contributed by atoms with E-state index >= 15 is 0 Å². The molecule has 0 aliphatic carbocycles. The van der Waals surface area contributed by atoms with Gasteiger partial charge in [-0.25, -0.2) is 0 Å². The number of hydrogen-bond donors (Lipinski definition) is 1. The van der Waals surface area contributed by atoms with Gasteiger partial charge in [0.1, 0.15) is 5.75 Å². The fraction of sp³-hybridized carbons (Fsp3) is 0.429. The molecule has 1 unspecified atom stereocenters. The Hall–Kier alpha value is -1.84. The van der Waals surface area contributed by atoms with Crippen molar-refractivity contribution < 1.29 is 10.6 Å². The third-order valence-corrected chi connectivity index (χ3v) is 4.31. The minimum atomic E-state index is 0. The van der Waals surface area contributed by atoms with Crippen LogP contribution in [0.5, 0.6) is 5.75 Å². The molecule has 3 nitrogen and oxygen atoms in total. The normalized spacial score (nSPS) is 12.0. The molecule has 0 aliphatic heterocycles. The van der Waals surface area contributed by atoms with Gasteiger partial charge in [0.2, 0.25) is 0 Å². The SMILES string of the molecule is CCCCN(CCCC)C(c1ccccc1)c1ccccc1O.O. The van der Waals surface area contributed by atoms with Crippen molar-refractivity contribution in [3.8, 4) is 5.75 Å². The van der Waals surface area contributed by atoms with Crippen molar-refractivity contribution in [2.45, 2.75) is 45.6 Å². The molecule has 0 bridgehead atoms. The lowest BCUT2D eigenvalue weighted by molar-refractivity contribution is 0.215. The number of benzene rings is 2. The first-order chi connectivity index (χ1) is 11.3. The van der Waals surface area contributed by atoms with E-state index in [-0.39, 0.29) is 11.5 Å². The van der Waals surface area contributed by atoms with E-state index in [2.05, 4.69) is 49.1 Å². The van der Waals surface area contributed by atoms with E-state index in [1.165, 1.54) is 31.2 Å². The van der Waals surface area contributed by atoms with Crippen molar-refractivity contribution >= 4 is 0 Å². The van der Waals surface area contributed by atoms with Crippen LogP contribution in [-0.4, -0.2) is 28.6 Å². The number of nitrogens with zero attached hydrogens (tertiary/aromatic N) is 1. The van der Waals surface area contributed by atoms with Gasteiger partial charge in [-0.1, -0.05) is 75.2 Å². The Labute approximate surface area is 146 Å². The quantitative estimate of drug-likeness (QED) is 0.733. The van der Waals surface area contributed by atoms with E-state index in [4.69, 9.17) is 0 Å². The van der Waals surface area contributed by atoms with Crippen molar-refractivity contribution in [3.05, 3.63) is 65.7 Å². The van der Waals surface area contributed by atoms with E-state index in [0.717, 1.165) is 18.7 Å². The largest absolute Gasteiger partial charge is 0.508 e. The first kappa shape index (κ1) is 20.2. The number of phenolic OH excluding ortho intramolecular Hbond substituents is 1. The van der Waals surface area contributed by atoms with Gasteiger partial charge in [-0.3, -0.25) is 4.90 Å². The lowest BCUT2D eigenvalue weighted by Gasteiger charge is -2.33. The highest BCUT2D eigenvalue weighted by Crippen LogP contribution is 2.34. The van der Waals surface area contributed by atoms with Crippen molar-refractivity contribution in [1.82, 2.24) is 4.90 Å². The molecule has 1 atom stereocenters. The molecule has 132 valence electrons. The summed E-state index contributed by atoms with van der Waals surface area (Å²) in [6.07, 6.45) is 4.73. The zero-order valence-corrected chi connectivity index (χ0v) is 14.9. The number of hydrogen-bond acceptors (Lipinski definition) is 2. The molecule has 3 heteroatoms. The molecule has 2 aromatic rings. The molecule has 2 aromatic carbocycles. The fourth-order valence-electron chi connectivity index (χ4n) is 3.03. The smallest absolute Gasteiger partial charge is 0.120 e. The zero-order chi connectivity index (χ0) is 16.5. The van der Waals surface area contributed by atoms with Crippen LogP contribution in [0, 0.1) is 0 Å². The molecular weight excluding hydrogens is 298 g/mol. The van der Waals surface area contributed by atoms with Crippen LogP contribution in [0.25, 0.3) is 0 Å². The van der Waals surface area contributed by atoms with Crippen molar-refractivity contribution in [1.29, 1.82) is 0 Å². The summed E-state index contributed by atoms with van der Waals surface area (Å²) in [6.45, 7) is 6.58. The second-order valence-corrected chi connectivity index (χ2v) is 6.12. The summed E-state index contributed by atoms with van der Waals surface area (Å²) in [7, 11) is 0. The van der Waals surface area contributed by atoms with Gasteiger partial charge in [0, 0.05) is 5.56 Å². The maximum Gasteiger partial charge on any atom is 0.120 e. The highest BCUT2D eigenvalue weighted by Gasteiger charge is 2.23. The summed E-state index contributed by atoms with van der Waals surface area (Å²) in [5.41, 5.74) is 2.26. The highest BCUT2D eigenvalue weighted by atomic mass is 16.3. The molecule has 0 spiro atoms. The van der Waals surface area contributed by atoms with E-state index < -0.39 is 0 Å². The molecule has 0 fully saturated rings. The minimum absolute atomic E-state index is 0. The molecular formula is C21H31NO2. The number of phenols is 1. The average molecular weight is 329 g/mol. The van der Waals surface area contributed by atoms with Crippen LogP contribution in [0.3, 0.4) is 0 Å². The predicted molar refractivity (Wildman–Crippen MR) is 101 cm³/mol. The Bertz CT molecular complexity index is 563. The molecule has 0 saturated heterocycles. The van der Waals surface area contributed by atoms with Crippen LogP contribution < -0.4 is 0 Å². The van der Waals surface area contributed by atoms with Crippen LogP contribution in [0.2, 0.25) is 0 Å². The van der Waals surface area contributed by atoms with Gasteiger partial charge in [0.15, 0.2) is 0 Å². The molecule has 24 heavy (non-hydrogen) atoms. The van der Waals surface area contributed by atoms with E-state index in [1.807, 2.05) is 18.2 Å². The monoisotopic (exact) mass is 329 g/mol. The highest BCUT2D eigenvalue weighted by molar-refractivity contribution is 5.40. The second-order valence-electron chi connectivity index (χ2n) is 6.12. The summed E-state index contributed by atoms with van der Waals surface area (Å²) < 4.78 is 0. The number of aromatic hydroxyl groups is 1. The molecule has 0 amide bonds. The van der Waals surface area contributed by atoms with Crippen molar-refractivity contribution in [2.75, 3.05) is 13.1 Å². The van der Waals surface area contributed by atoms with Gasteiger partial charge >= 0.3 is 0 Å². The van der Waals surface area contributed by atoms with Crippen LogP contribution in [0.1, 0.15) is 56.7 Å². The molecule has 0 aliphatic rings. The van der Waals surface area contributed by atoms with E-state index in [9.17, 15) is 5.11 Å². The van der Waals surface area contributed by atoms with Crippen LogP contribution in [0.15, 0.2) is 54.6 Å². The number of unbranched alkanes of at least 4 members (excludes halogenated alkanes) is 2. The minimum Gasteiger partial charge on any atom is -0.508 e. The van der Waals surface area contributed by atoms with E-state index in [1.54, 1.807) is 6.07 Å². The maximum absolute atomic E-state index is 10.4. The van der Waals surface area contributed by atoms with Gasteiger partial charge in [-0.15, -0.1) is 0 Å². The maximum atomic E-state index is 10.4. The summed E-state index contributed by atoms with van der Waals surface area (Å²) >= 11 is 0. The Morgan fingerprint density at radius 2 is 1.38 bits per heavy atom. The zero-order valence-electron chi connectivity index (χ0n) is 14.9. The Kier molecular flexibility index (Phi) is 9.13. The topological polar surface area (TPSA) is 55.0 Å². The van der Waals surface area contributed by atoms with Crippen molar-refractivity contribution in [2.24, 2.45) is 0 Å². The molecule has 0 radical (unpaired) electrons. The average Bonchev–Trinajstić information content (AvgIpc) is 2.59. The summed E-state index contributed by atoms with van der Waals surface area (Å²) in [4.78, 5) is 2.53. The molecule has 0 heterocycles. The first-order valence-electron chi connectivity index (χ1n) is 8.84. The van der Waals surface area contributed by atoms with Crippen molar-refractivity contribution in [3.63, 3.8) is 0 Å². The van der Waals surface area contributed by atoms with Gasteiger partial charge in [-0.05, 0) is 37.6 Å². The number of rotatable bonds is 9. The Morgan fingerprint density at radius 3 is 1.92 bits per heavy atom. The van der Waals surface area contributed by atoms with E-state index in [0.29, 0.717) is 5.75 Å². The van der Waals surface area contributed by atoms with Crippen LogP contribution in [-0.2, 0) is 0 Å². The second kappa shape index (κ2) is 10.8. The summed E-state index contributed by atoms with van der Waals surface area (Å²) in [5.74, 6) is 0.388. The Morgan fingerprint density at radius 1 is 0.833 bits per heavy atom. The fourth-order valence-corrected chi connectivity index (χ4v) is 3.03. The standard InChI is InChI=1S/C21H29NO.H2O/c1-3-5-16-22(17-6-4-2)21(18-12-8-7-9-13-18)19-14-10-11-15-20(19)23;/h7-15,21,23H,3-6,16-17H2,1-2H3;1H2. The lowest BCUT2D eigenvalue weighted by Crippen LogP contribution is -2.31. The first-order valence-corrected chi connectivity index (χ1v) is 8.84. The molecule has 0 saturated carbocycles. The third-order valence-electron chi connectivity index (χ3n) is 4.31. The van der Waals surface area contributed by atoms with Gasteiger partial charge in [-0.2, -0.15) is 0 Å².